The number of nitrogens with zero attached hydrogens (tertiary/aromatic N) is 3. The van der Waals surface area contributed by atoms with Crippen LogP contribution in [0.2, 0.25) is 0 Å². The third kappa shape index (κ3) is 6.15. The first kappa shape index (κ1) is 30.0. The lowest BCUT2D eigenvalue weighted by Gasteiger charge is -2.41. The highest BCUT2D eigenvalue weighted by Gasteiger charge is 2.35. The highest BCUT2D eigenvalue weighted by Crippen LogP contribution is 2.35. The zero-order valence-corrected chi connectivity index (χ0v) is 25.9. The standard InChI is InChI=1S/C32H41N5O4S/c1-19(2)16-26-18-41-30-22(5)29(28-20(3)8-6-9-21(28)4)34-32(35-30)36-42(39,40)27-11-7-10-23(17-27)31(38)37(26)25-14-12-24(33)13-15-25/h6-11,17,19,24-26H,12-16,18,33H2,1-5H3,(H,34,35,36)/t24?,25?,26-/m1/s1. The van der Waals surface area contributed by atoms with Gasteiger partial charge in [-0.1, -0.05) is 38.1 Å². The van der Waals surface area contributed by atoms with E-state index in [1.807, 2.05) is 43.9 Å². The molecule has 1 atom stereocenters. The molecule has 3 aromatic rings. The molecule has 224 valence electrons. The van der Waals surface area contributed by atoms with E-state index >= 15 is 0 Å². The summed E-state index contributed by atoms with van der Waals surface area (Å²) in [4.78, 5) is 25.4. The molecule has 10 heteroatoms. The third-order valence-corrected chi connectivity index (χ3v) is 9.68. The number of nitrogens with one attached hydrogen (secondary N) is 1. The summed E-state index contributed by atoms with van der Waals surface area (Å²) >= 11 is 0. The van der Waals surface area contributed by atoms with Gasteiger partial charge in [0.15, 0.2) is 0 Å². The van der Waals surface area contributed by atoms with Crippen LogP contribution in [0.1, 0.15) is 73.0 Å². The summed E-state index contributed by atoms with van der Waals surface area (Å²) in [5.41, 5.74) is 10.8. The van der Waals surface area contributed by atoms with Gasteiger partial charge in [-0.05, 0) is 88.1 Å². The van der Waals surface area contributed by atoms with Gasteiger partial charge in [0.05, 0.1) is 16.6 Å². The molecule has 9 nitrogen and oxygen atoms in total. The number of nitrogens with two attached hydrogens (primary N) is 1. The van der Waals surface area contributed by atoms with Crippen molar-refractivity contribution in [1.82, 2.24) is 14.9 Å². The first-order valence-electron chi connectivity index (χ1n) is 14.7. The number of fused-ring (bicyclic) bond motifs is 4. The van der Waals surface area contributed by atoms with Crippen LogP contribution in [-0.4, -0.2) is 53.9 Å². The van der Waals surface area contributed by atoms with Gasteiger partial charge in [0, 0.05) is 28.8 Å². The Bertz CT molecular complexity index is 1560. The van der Waals surface area contributed by atoms with Crippen molar-refractivity contribution in [2.24, 2.45) is 11.7 Å². The Morgan fingerprint density at radius 3 is 2.36 bits per heavy atom. The molecule has 3 N–H and O–H groups in total. The molecule has 0 saturated heterocycles. The van der Waals surface area contributed by atoms with Crippen molar-refractivity contribution in [3.63, 3.8) is 0 Å². The van der Waals surface area contributed by atoms with Gasteiger partial charge in [-0.3, -0.25) is 4.79 Å². The normalized spacial score (nSPS) is 22.4. The van der Waals surface area contributed by atoms with Crippen molar-refractivity contribution in [3.05, 3.63) is 64.7 Å². The summed E-state index contributed by atoms with van der Waals surface area (Å²) in [5.74, 6) is 0.295. The van der Waals surface area contributed by atoms with Crippen LogP contribution in [0.25, 0.3) is 11.3 Å². The van der Waals surface area contributed by atoms with Crippen molar-refractivity contribution >= 4 is 21.9 Å². The first-order chi connectivity index (χ1) is 19.9. The maximum atomic E-state index is 14.3. The Labute approximate surface area is 248 Å². The van der Waals surface area contributed by atoms with Crippen molar-refractivity contribution in [2.75, 3.05) is 11.3 Å². The van der Waals surface area contributed by atoms with Crippen LogP contribution in [0.3, 0.4) is 0 Å². The topological polar surface area (TPSA) is 128 Å². The maximum absolute atomic E-state index is 14.3. The highest BCUT2D eigenvalue weighted by molar-refractivity contribution is 7.92. The largest absolute Gasteiger partial charge is 0.475 e. The zero-order chi connectivity index (χ0) is 30.2. The SMILES string of the molecule is Cc1cccc(C)c1-c1nc2nc(c1C)OC[C@@H](CC(C)C)N(C1CCC(N)CC1)C(=O)c1cccc(c1)S(=O)(=O)N2. The predicted molar refractivity (Wildman–Crippen MR) is 164 cm³/mol. The lowest BCUT2D eigenvalue weighted by molar-refractivity contribution is 0.0363. The highest BCUT2D eigenvalue weighted by atomic mass is 32.2. The summed E-state index contributed by atoms with van der Waals surface area (Å²) in [7, 11) is -4.11. The van der Waals surface area contributed by atoms with E-state index in [4.69, 9.17) is 10.5 Å². The van der Waals surface area contributed by atoms with Gasteiger partial charge in [-0.25, -0.2) is 18.1 Å². The molecule has 2 heterocycles. The number of anilines is 1. The van der Waals surface area contributed by atoms with Gasteiger partial charge < -0.3 is 15.4 Å². The van der Waals surface area contributed by atoms with Gasteiger partial charge in [-0.2, -0.15) is 4.98 Å². The average molecular weight is 592 g/mol. The molecule has 0 radical (unpaired) electrons. The number of ether oxygens (including phenoxy) is 1. The second-order valence-electron chi connectivity index (χ2n) is 12.1. The third-order valence-electron chi connectivity index (χ3n) is 8.35. The van der Waals surface area contributed by atoms with Crippen molar-refractivity contribution in [2.45, 2.75) is 89.7 Å². The Morgan fingerprint density at radius 2 is 1.69 bits per heavy atom. The van der Waals surface area contributed by atoms with Crippen LogP contribution in [0.5, 0.6) is 5.88 Å². The molecule has 1 amide bonds. The van der Waals surface area contributed by atoms with E-state index in [0.29, 0.717) is 23.2 Å². The molecular weight excluding hydrogens is 550 g/mol. The van der Waals surface area contributed by atoms with E-state index < -0.39 is 10.0 Å². The number of sulfonamides is 1. The molecular formula is C32H41N5O4S. The van der Waals surface area contributed by atoms with Crippen molar-refractivity contribution in [1.29, 1.82) is 0 Å². The number of hydrogen-bond donors (Lipinski definition) is 2. The number of carbonyl (C=O) groups is 1. The van der Waals surface area contributed by atoms with E-state index in [1.165, 1.54) is 12.1 Å². The Balaban J connectivity index is 1.69. The van der Waals surface area contributed by atoms with Crippen LogP contribution in [-0.2, 0) is 10.0 Å². The second-order valence-corrected chi connectivity index (χ2v) is 13.8. The molecule has 1 fully saturated rings. The fourth-order valence-corrected chi connectivity index (χ4v) is 7.22. The minimum atomic E-state index is -4.11. The summed E-state index contributed by atoms with van der Waals surface area (Å²) in [6.07, 6.45) is 3.94. The van der Waals surface area contributed by atoms with E-state index in [2.05, 4.69) is 28.5 Å². The molecule has 0 unspecified atom stereocenters. The Hall–Kier alpha value is -3.50. The molecule has 1 saturated carbocycles. The molecule has 4 bridgehead atoms. The summed E-state index contributed by atoms with van der Waals surface area (Å²) < 4.78 is 36.2. The second kappa shape index (κ2) is 12.0. The van der Waals surface area contributed by atoms with Crippen LogP contribution >= 0.6 is 0 Å². The fraction of sp³-hybridized carbons (Fsp3) is 0.469. The number of rotatable bonds is 4. The summed E-state index contributed by atoms with van der Waals surface area (Å²) in [6, 6.07) is 12.0. The minimum Gasteiger partial charge on any atom is -0.475 e. The van der Waals surface area contributed by atoms with Crippen molar-refractivity contribution < 1.29 is 17.9 Å². The zero-order valence-electron chi connectivity index (χ0n) is 25.1. The van der Waals surface area contributed by atoms with Gasteiger partial charge in [0.1, 0.15) is 6.61 Å². The molecule has 2 aromatic carbocycles. The number of carbonyl (C=O) groups excluding carboxylic acids is 1. The monoisotopic (exact) mass is 591 g/mol. The molecule has 1 aliphatic carbocycles. The van der Waals surface area contributed by atoms with Crippen LogP contribution < -0.4 is 15.2 Å². The summed E-state index contributed by atoms with van der Waals surface area (Å²) in [5, 5.41) is 0. The van der Waals surface area contributed by atoms with Gasteiger partial charge in [-0.15, -0.1) is 0 Å². The van der Waals surface area contributed by atoms with Crippen LogP contribution in [0, 0.1) is 26.7 Å². The summed E-state index contributed by atoms with van der Waals surface area (Å²) in [6.45, 7) is 10.4. The Kier molecular flexibility index (Phi) is 8.57. The van der Waals surface area contributed by atoms with Gasteiger partial charge in [0.25, 0.3) is 15.9 Å². The smallest absolute Gasteiger partial charge is 0.264 e. The van der Waals surface area contributed by atoms with Gasteiger partial charge >= 0.3 is 0 Å². The predicted octanol–water partition coefficient (Wildman–Crippen LogP) is 5.39. The number of aryl methyl sites for hydroxylation is 2. The quantitative estimate of drug-likeness (QED) is 0.416. The van der Waals surface area contributed by atoms with Crippen LogP contribution in [0.15, 0.2) is 47.4 Å². The maximum Gasteiger partial charge on any atom is 0.264 e. The number of amides is 1. The molecule has 1 aromatic heterocycles. The van der Waals surface area contributed by atoms with E-state index in [0.717, 1.165) is 42.4 Å². The van der Waals surface area contributed by atoms with Gasteiger partial charge in [0.2, 0.25) is 11.8 Å². The Morgan fingerprint density at radius 1 is 1.02 bits per heavy atom. The molecule has 1 aliphatic heterocycles. The molecule has 2 aliphatic rings. The number of hydrogen-bond acceptors (Lipinski definition) is 7. The lowest BCUT2D eigenvalue weighted by atomic mass is 9.88. The minimum absolute atomic E-state index is 0.0274. The van der Waals surface area contributed by atoms with E-state index in [1.54, 1.807) is 12.1 Å². The van der Waals surface area contributed by atoms with Crippen molar-refractivity contribution in [3.8, 4) is 17.1 Å². The molecule has 0 spiro atoms. The first-order valence-corrected chi connectivity index (χ1v) is 16.2. The molecule has 5 rings (SSSR count). The lowest BCUT2D eigenvalue weighted by Crippen LogP contribution is -2.52. The van der Waals surface area contributed by atoms with Crippen LogP contribution in [0.4, 0.5) is 5.95 Å². The fourth-order valence-electron chi connectivity index (χ4n) is 6.23. The number of aromatic nitrogens is 2. The average Bonchev–Trinajstić information content (AvgIpc) is 2.94. The van der Waals surface area contributed by atoms with E-state index in [9.17, 15) is 13.2 Å². The number of benzene rings is 2. The molecule has 42 heavy (non-hydrogen) atoms. The van der Waals surface area contributed by atoms with E-state index in [-0.39, 0.29) is 53.3 Å².